The van der Waals surface area contributed by atoms with Crippen LogP contribution in [-0.4, -0.2) is 41.7 Å². The van der Waals surface area contributed by atoms with Crippen molar-refractivity contribution in [3.8, 4) is 11.5 Å². The number of hydrogen-bond acceptors (Lipinski definition) is 6. The van der Waals surface area contributed by atoms with E-state index in [1.807, 2.05) is 0 Å². The third-order valence-corrected chi connectivity index (χ3v) is 5.29. The second kappa shape index (κ2) is 9.88. The largest absolute Gasteiger partial charge is 0.492 e. The van der Waals surface area contributed by atoms with Crippen molar-refractivity contribution in [2.45, 2.75) is 0 Å². The van der Waals surface area contributed by atoms with Gasteiger partial charge >= 0.3 is 0 Å². The Morgan fingerprint density at radius 1 is 1.07 bits per heavy atom. The van der Waals surface area contributed by atoms with Crippen LogP contribution in [0.5, 0.6) is 11.5 Å². The van der Waals surface area contributed by atoms with E-state index in [0.717, 1.165) is 16.7 Å². The quantitative estimate of drug-likeness (QED) is 0.590. The molecule has 1 heterocycles. The van der Waals surface area contributed by atoms with Gasteiger partial charge in [0.1, 0.15) is 18.1 Å². The molecule has 30 heavy (non-hydrogen) atoms. The van der Waals surface area contributed by atoms with Gasteiger partial charge in [-0.1, -0.05) is 23.2 Å². The first-order chi connectivity index (χ1) is 14.3. The number of rotatable bonds is 8. The van der Waals surface area contributed by atoms with Gasteiger partial charge in [-0.2, -0.15) is 0 Å². The summed E-state index contributed by atoms with van der Waals surface area (Å²) in [6, 6.07) is 11.5. The molecule has 7 nitrogen and oxygen atoms in total. The van der Waals surface area contributed by atoms with Crippen molar-refractivity contribution in [3.63, 3.8) is 0 Å². The van der Waals surface area contributed by atoms with E-state index in [4.69, 9.17) is 38.4 Å². The molecular weight excluding hydrogens is 451 g/mol. The molecule has 2 aromatic carbocycles. The van der Waals surface area contributed by atoms with Gasteiger partial charge in [0.25, 0.3) is 17.1 Å². The summed E-state index contributed by atoms with van der Waals surface area (Å²) >= 11 is 12.6. The summed E-state index contributed by atoms with van der Waals surface area (Å²) in [6.45, 7) is -0.103. The minimum atomic E-state index is -0.642. The fourth-order valence-electron chi connectivity index (χ4n) is 2.53. The zero-order valence-corrected chi connectivity index (χ0v) is 17.8. The normalized spacial score (nSPS) is 15.0. The van der Waals surface area contributed by atoms with Gasteiger partial charge in [-0.15, -0.1) is 0 Å². The molecule has 10 heteroatoms. The second-order valence-electron chi connectivity index (χ2n) is 6.07. The highest BCUT2D eigenvalue weighted by Gasteiger charge is 2.35. The van der Waals surface area contributed by atoms with Crippen molar-refractivity contribution < 1.29 is 23.9 Å². The van der Waals surface area contributed by atoms with Crippen molar-refractivity contribution in [2.75, 3.05) is 19.8 Å². The van der Waals surface area contributed by atoms with Gasteiger partial charge in [0.05, 0.1) is 11.4 Å². The van der Waals surface area contributed by atoms with Crippen LogP contribution in [0.15, 0.2) is 47.4 Å². The van der Waals surface area contributed by atoms with Gasteiger partial charge in [-0.05, 0) is 60.3 Å². The van der Waals surface area contributed by atoms with Crippen molar-refractivity contribution in [2.24, 2.45) is 5.73 Å². The third kappa shape index (κ3) is 5.69. The number of thioether (sulfide) groups is 1. The molecule has 156 valence electrons. The molecule has 0 saturated carbocycles. The molecular formula is C20H16Cl2N2O5S. The number of halogens is 2. The summed E-state index contributed by atoms with van der Waals surface area (Å²) in [6.07, 6.45) is 1.49. The maximum Gasteiger partial charge on any atom is 0.293 e. The molecule has 3 amide bonds. The number of hydrogen-bond donors (Lipinski definition) is 1. The van der Waals surface area contributed by atoms with E-state index >= 15 is 0 Å². The van der Waals surface area contributed by atoms with Crippen molar-refractivity contribution in [3.05, 3.63) is 63.0 Å². The molecule has 0 radical (unpaired) electrons. The molecule has 0 bridgehead atoms. The van der Waals surface area contributed by atoms with Gasteiger partial charge in [0.2, 0.25) is 0 Å². The van der Waals surface area contributed by atoms with Crippen LogP contribution in [0.2, 0.25) is 10.0 Å². The van der Waals surface area contributed by atoms with Crippen LogP contribution >= 0.6 is 35.0 Å². The van der Waals surface area contributed by atoms with Crippen LogP contribution in [0.1, 0.15) is 5.56 Å². The van der Waals surface area contributed by atoms with E-state index in [0.29, 0.717) is 27.1 Å². The van der Waals surface area contributed by atoms with Crippen molar-refractivity contribution in [1.82, 2.24) is 4.90 Å². The zero-order valence-electron chi connectivity index (χ0n) is 15.5. The first-order valence-electron chi connectivity index (χ1n) is 8.68. The molecule has 2 aromatic rings. The zero-order chi connectivity index (χ0) is 21.7. The number of primary amides is 1. The minimum Gasteiger partial charge on any atom is -0.492 e. The van der Waals surface area contributed by atoms with Crippen LogP contribution in [0.25, 0.3) is 6.08 Å². The van der Waals surface area contributed by atoms with E-state index in [1.54, 1.807) is 42.5 Å². The topological polar surface area (TPSA) is 98.9 Å². The monoisotopic (exact) mass is 466 g/mol. The van der Waals surface area contributed by atoms with Crippen LogP contribution < -0.4 is 15.2 Å². The van der Waals surface area contributed by atoms with Crippen LogP contribution in [-0.2, 0) is 9.59 Å². The molecule has 0 spiro atoms. The van der Waals surface area contributed by atoms with Gasteiger partial charge in [0.15, 0.2) is 6.61 Å². The summed E-state index contributed by atoms with van der Waals surface area (Å²) in [7, 11) is 0. The Bertz CT molecular complexity index is 1010. The molecule has 0 unspecified atom stereocenters. The fraction of sp³-hybridized carbons (Fsp3) is 0.150. The van der Waals surface area contributed by atoms with E-state index in [1.165, 1.54) is 6.08 Å². The Balaban J connectivity index is 1.69. The lowest BCUT2D eigenvalue weighted by atomic mass is 10.2. The average molecular weight is 467 g/mol. The van der Waals surface area contributed by atoms with Gasteiger partial charge < -0.3 is 15.2 Å². The predicted molar refractivity (Wildman–Crippen MR) is 116 cm³/mol. The number of nitrogens with two attached hydrogens (primary N) is 1. The highest BCUT2D eigenvalue weighted by atomic mass is 35.5. The average Bonchev–Trinajstić information content (AvgIpc) is 2.96. The number of carbonyl (C=O) groups excluding carboxylic acids is 3. The summed E-state index contributed by atoms with van der Waals surface area (Å²) < 4.78 is 10.9. The van der Waals surface area contributed by atoms with Gasteiger partial charge in [-0.25, -0.2) is 0 Å². The van der Waals surface area contributed by atoms with Gasteiger partial charge in [0, 0.05) is 15.6 Å². The Labute approximate surface area is 186 Å². The Hall–Kier alpha value is -2.68. The van der Waals surface area contributed by atoms with E-state index < -0.39 is 17.1 Å². The standard InChI is InChI=1S/C20H16Cl2N2O5S/c21-13-1-4-15(5-2-13)28-8-7-24-19(26)17(30-20(24)27)10-12-9-14(22)3-6-16(12)29-11-18(23)25/h1-6,9-10H,7-8,11H2,(H2,23,25)/b17-10-. The Morgan fingerprint density at radius 2 is 1.77 bits per heavy atom. The predicted octanol–water partition coefficient (Wildman–Crippen LogP) is 3.97. The molecule has 2 N–H and O–H groups in total. The molecule has 1 fully saturated rings. The molecule has 3 rings (SSSR count). The molecule has 0 aromatic heterocycles. The van der Waals surface area contributed by atoms with Crippen LogP contribution in [0.3, 0.4) is 0 Å². The highest BCUT2D eigenvalue weighted by molar-refractivity contribution is 8.18. The smallest absolute Gasteiger partial charge is 0.293 e. The van der Waals surface area contributed by atoms with E-state index in [2.05, 4.69) is 0 Å². The van der Waals surface area contributed by atoms with Crippen LogP contribution in [0.4, 0.5) is 4.79 Å². The van der Waals surface area contributed by atoms with Gasteiger partial charge in [-0.3, -0.25) is 19.3 Å². The maximum atomic E-state index is 12.7. The van der Waals surface area contributed by atoms with Crippen molar-refractivity contribution >= 4 is 58.1 Å². The maximum absolute atomic E-state index is 12.7. The lowest BCUT2D eigenvalue weighted by Crippen LogP contribution is -2.32. The molecule has 0 aliphatic carbocycles. The number of ether oxygens (including phenoxy) is 2. The Morgan fingerprint density at radius 3 is 2.47 bits per heavy atom. The molecule has 1 saturated heterocycles. The summed E-state index contributed by atoms with van der Waals surface area (Å²) in [5.41, 5.74) is 5.56. The van der Waals surface area contributed by atoms with E-state index in [9.17, 15) is 14.4 Å². The van der Waals surface area contributed by atoms with Crippen molar-refractivity contribution in [1.29, 1.82) is 0 Å². The summed E-state index contributed by atoms with van der Waals surface area (Å²) in [4.78, 5) is 37.2. The lowest BCUT2D eigenvalue weighted by Gasteiger charge is -2.13. The fourth-order valence-corrected chi connectivity index (χ4v) is 3.69. The molecule has 1 aliphatic rings. The number of imide groups is 1. The number of benzene rings is 2. The highest BCUT2D eigenvalue weighted by Crippen LogP contribution is 2.34. The van der Waals surface area contributed by atoms with Crippen LogP contribution in [0, 0.1) is 0 Å². The Kier molecular flexibility index (Phi) is 7.25. The first-order valence-corrected chi connectivity index (χ1v) is 10.2. The number of nitrogens with zero attached hydrogens (tertiary/aromatic N) is 1. The third-order valence-electron chi connectivity index (χ3n) is 3.90. The number of amides is 3. The number of carbonyl (C=O) groups is 3. The first kappa shape index (κ1) is 22.0. The summed E-state index contributed by atoms with van der Waals surface area (Å²) in [5.74, 6) is -0.199. The minimum absolute atomic E-state index is 0.0885. The molecule has 0 atom stereocenters. The SMILES string of the molecule is NC(=O)COc1ccc(Cl)cc1/C=C1\SC(=O)N(CCOc2ccc(Cl)cc2)C1=O. The molecule has 1 aliphatic heterocycles. The summed E-state index contributed by atoms with van der Waals surface area (Å²) in [5, 5.41) is 0.578. The van der Waals surface area contributed by atoms with E-state index in [-0.39, 0.29) is 24.7 Å². The second-order valence-corrected chi connectivity index (χ2v) is 7.94. The lowest BCUT2D eigenvalue weighted by molar-refractivity contribution is -0.123.